The number of amides is 2. The van der Waals surface area contributed by atoms with Crippen LogP contribution in [0.1, 0.15) is 65.2 Å². The van der Waals surface area contributed by atoms with Crippen molar-refractivity contribution >= 4 is 11.8 Å². The molecule has 4 saturated carbocycles. The average Bonchev–Trinajstić information content (AvgIpc) is 2.58. The monoisotopic (exact) mass is 346 g/mol. The normalized spacial score (nSPS) is 37.6. The molecular weight excluding hydrogens is 312 g/mol. The van der Waals surface area contributed by atoms with E-state index in [1.54, 1.807) is 0 Å². The van der Waals surface area contributed by atoms with Crippen molar-refractivity contribution in [1.29, 1.82) is 0 Å². The van der Waals surface area contributed by atoms with E-state index in [1.165, 1.54) is 38.5 Å². The molecule has 25 heavy (non-hydrogen) atoms. The zero-order valence-electron chi connectivity index (χ0n) is 15.9. The third-order valence-corrected chi connectivity index (χ3v) is 7.47. The van der Waals surface area contributed by atoms with Crippen LogP contribution in [0.5, 0.6) is 0 Å². The fourth-order valence-corrected chi connectivity index (χ4v) is 6.65. The van der Waals surface area contributed by atoms with E-state index in [9.17, 15) is 9.59 Å². The highest BCUT2D eigenvalue weighted by Crippen LogP contribution is 2.59. The van der Waals surface area contributed by atoms with Crippen LogP contribution in [-0.4, -0.2) is 36.3 Å². The number of nitrogens with one attached hydrogen (secondary N) is 1. The second-order valence-corrected chi connectivity index (χ2v) is 9.89. The van der Waals surface area contributed by atoms with Gasteiger partial charge in [-0.25, -0.2) is 0 Å². The van der Waals surface area contributed by atoms with Gasteiger partial charge in [0, 0.05) is 31.5 Å². The van der Waals surface area contributed by atoms with E-state index in [1.807, 2.05) is 18.7 Å². The molecule has 5 rings (SSSR count). The van der Waals surface area contributed by atoms with Gasteiger partial charge in [0.15, 0.2) is 0 Å². The van der Waals surface area contributed by atoms with Crippen LogP contribution in [0, 0.1) is 35.0 Å². The molecule has 0 aromatic rings. The first-order valence-electron chi connectivity index (χ1n) is 10.5. The molecule has 1 saturated heterocycles. The van der Waals surface area contributed by atoms with E-state index in [0.29, 0.717) is 5.41 Å². The van der Waals surface area contributed by atoms with Crippen LogP contribution >= 0.6 is 0 Å². The molecule has 140 valence electrons. The van der Waals surface area contributed by atoms with Gasteiger partial charge in [-0.15, -0.1) is 0 Å². The second-order valence-electron chi connectivity index (χ2n) is 9.89. The van der Waals surface area contributed by atoms with Crippen LogP contribution in [0.2, 0.25) is 0 Å². The predicted molar refractivity (Wildman–Crippen MR) is 97.8 cm³/mol. The van der Waals surface area contributed by atoms with Crippen molar-refractivity contribution in [3.8, 4) is 0 Å². The number of piperidine rings is 1. The van der Waals surface area contributed by atoms with Crippen LogP contribution in [0.3, 0.4) is 0 Å². The molecule has 4 nitrogen and oxygen atoms in total. The number of likely N-dealkylation sites (tertiary alicyclic amines) is 1. The zero-order valence-corrected chi connectivity index (χ0v) is 15.9. The van der Waals surface area contributed by atoms with E-state index >= 15 is 0 Å². The van der Waals surface area contributed by atoms with Gasteiger partial charge in [-0.05, 0) is 74.5 Å². The molecule has 0 radical (unpaired) electrons. The number of rotatable bonds is 4. The van der Waals surface area contributed by atoms with Crippen molar-refractivity contribution < 1.29 is 9.59 Å². The van der Waals surface area contributed by atoms with Crippen molar-refractivity contribution in [2.75, 3.05) is 19.6 Å². The van der Waals surface area contributed by atoms with E-state index < -0.39 is 0 Å². The second kappa shape index (κ2) is 6.59. The van der Waals surface area contributed by atoms with Crippen molar-refractivity contribution in [2.45, 2.75) is 65.2 Å². The summed E-state index contributed by atoms with van der Waals surface area (Å²) in [5, 5.41) is 3.33. The fourth-order valence-electron chi connectivity index (χ4n) is 6.65. The van der Waals surface area contributed by atoms with E-state index in [0.717, 1.165) is 50.2 Å². The highest BCUT2D eigenvalue weighted by atomic mass is 16.2. The first-order chi connectivity index (χ1) is 11.9. The topological polar surface area (TPSA) is 49.4 Å². The molecule has 4 bridgehead atoms. The van der Waals surface area contributed by atoms with Crippen LogP contribution < -0.4 is 5.32 Å². The first kappa shape index (κ1) is 17.4. The third-order valence-electron chi connectivity index (χ3n) is 7.47. The molecule has 4 heteroatoms. The standard InChI is InChI=1S/C21H34N2O2/c1-14(2)20(25)23-5-3-18(4-6-23)19(24)22-13-21-10-15-7-16(11-21)9-17(8-15)12-21/h14-18H,3-13H2,1-2H3,(H,22,24). The van der Waals surface area contributed by atoms with Crippen LogP contribution in [0.4, 0.5) is 0 Å². The SMILES string of the molecule is CC(C)C(=O)N1CCC(C(=O)NCC23CC4CC(CC(C4)C2)C3)CC1. The van der Waals surface area contributed by atoms with Gasteiger partial charge in [-0.2, -0.15) is 0 Å². The molecule has 1 aliphatic heterocycles. The van der Waals surface area contributed by atoms with E-state index in [4.69, 9.17) is 0 Å². The van der Waals surface area contributed by atoms with Gasteiger partial charge in [0.05, 0.1) is 0 Å². The largest absolute Gasteiger partial charge is 0.355 e. The molecule has 0 spiro atoms. The molecule has 5 fully saturated rings. The fraction of sp³-hybridized carbons (Fsp3) is 0.905. The Morgan fingerprint density at radius 3 is 2.00 bits per heavy atom. The van der Waals surface area contributed by atoms with Crippen LogP contribution in [0.25, 0.3) is 0 Å². The number of hydrogen-bond acceptors (Lipinski definition) is 2. The smallest absolute Gasteiger partial charge is 0.225 e. The summed E-state index contributed by atoms with van der Waals surface area (Å²) in [6, 6.07) is 0. The van der Waals surface area contributed by atoms with Crippen LogP contribution in [0.15, 0.2) is 0 Å². The molecule has 0 unspecified atom stereocenters. The molecule has 1 heterocycles. The minimum atomic E-state index is 0.0569. The predicted octanol–water partition coefficient (Wildman–Crippen LogP) is 3.21. The lowest BCUT2D eigenvalue weighted by molar-refractivity contribution is -0.138. The number of carbonyl (C=O) groups excluding carboxylic acids is 2. The van der Waals surface area contributed by atoms with Crippen molar-refractivity contribution in [3.63, 3.8) is 0 Å². The lowest BCUT2D eigenvalue weighted by Crippen LogP contribution is -2.52. The highest BCUT2D eigenvalue weighted by Gasteiger charge is 2.50. The van der Waals surface area contributed by atoms with Crippen molar-refractivity contribution in [2.24, 2.45) is 35.0 Å². The minimum absolute atomic E-state index is 0.0569. The summed E-state index contributed by atoms with van der Waals surface area (Å²) in [5.41, 5.74) is 0.415. The van der Waals surface area contributed by atoms with Gasteiger partial charge in [-0.3, -0.25) is 9.59 Å². The number of nitrogens with zero attached hydrogens (tertiary/aromatic N) is 1. The Kier molecular flexibility index (Phi) is 4.57. The summed E-state index contributed by atoms with van der Waals surface area (Å²) >= 11 is 0. The number of hydrogen-bond donors (Lipinski definition) is 1. The highest BCUT2D eigenvalue weighted by molar-refractivity contribution is 5.80. The average molecular weight is 347 g/mol. The van der Waals surface area contributed by atoms with Gasteiger partial charge in [0.2, 0.25) is 11.8 Å². The van der Waals surface area contributed by atoms with E-state index in [2.05, 4.69) is 5.32 Å². The number of carbonyl (C=O) groups is 2. The summed E-state index contributed by atoms with van der Waals surface area (Å²) in [6.45, 7) is 6.29. The van der Waals surface area contributed by atoms with Crippen molar-refractivity contribution in [1.82, 2.24) is 10.2 Å². The molecular formula is C21H34N2O2. The molecule has 0 aromatic heterocycles. The van der Waals surface area contributed by atoms with Crippen molar-refractivity contribution in [3.05, 3.63) is 0 Å². The Labute approximate surface area is 152 Å². The Balaban J connectivity index is 1.27. The molecule has 2 amide bonds. The van der Waals surface area contributed by atoms with E-state index in [-0.39, 0.29) is 23.7 Å². The molecule has 5 aliphatic rings. The summed E-state index contributed by atoms with van der Waals surface area (Å²) in [4.78, 5) is 26.7. The summed E-state index contributed by atoms with van der Waals surface area (Å²) in [6.07, 6.45) is 10.1. The van der Waals surface area contributed by atoms with Gasteiger partial charge in [-0.1, -0.05) is 13.8 Å². The minimum Gasteiger partial charge on any atom is -0.355 e. The molecule has 0 atom stereocenters. The van der Waals surface area contributed by atoms with Gasteiger partial charge in [0.25, 0.3) is 0 Å². The summed E-state index contributed by atoms with van der Waals surface area (Å²) < 4.78 is 0. The van der Waals surface area contributed by atoms with Gasteiger partial charge < -0.3 is 10.2 Å². The lowest BCUT2D eigenvalue weighted by atomic mass is 9.49. The third kappa shape index (κ3) is 3.46. The first-order valence-corrected chi connectivity index (χ1v) is 10.5. The van der Waals surface area contributed by atoms with Gasteiger partial charge >= 0.3 is 0 Å². The van der Waals surface area contributed by atoms with Crippen LogP contribution in [-0.2, 0) is 9.59 Å². The zero-order chi connectivity index (χ0) is 17.6. The maximum atomic E-state index is 12.7. The summed E-state index contributed by atoms with van der Waals surface area (Å²) in [7, 11) is 0. The Hall–Kier alpha value is -1.06. The maximum Gasteiger partial charge on any atom is 0.225 e. The molecule has 1 N–H and O–H groups in total. The van der Waals surface area contributed by atoms with Gasteiger partial charge in [0.1, 0.15) is 0 Å². The Morgan fingerprint density at radius 2 is 1.52 bits per heavy atom. The maximum absolute atomic E-state index is 12.7. The Morgan fingerprint density at radius 1 is 1.00 bits per heavy atom. The molecule has 0 aromatic carbocycles. The quantitative estimate of drug-likeness (QED) is 0.850. The molecule has 4 aliphatic carbocycles. The lowest BCUT2D eigenvalue weighted by Gasteiger charge is -2.57. The Bertz CT molecular complexity index is 499. The summed E-state index contributed by atoms with van der Waals surface area (Å²) in [5.74, 6) is 3.45.